The van der Waals surface area contributed by atoms with Crippen LogP contribution in [0.1, 0.15) is 73.5 Å². The van der Waals surface area contributed by atoms with Gasteiger partial charge in [0.15, 0.2) is 0 Å². The van der Waals surface area contributed by atoms with Crippen molar-refractivity contribution < 1.29 is 14.3 Å². The molecule has 0 saturated carbocycles. The van der Waals surface area contributed by atoms with Crippen LogP contribution in [0.25, 0.3) is 0 Å². The van der Waals surface area contributed by atoms with Gasteiger partial charge in [-0.25, -0.2) is 0 Å². The van der Waals surface area contributed by atoms with Gasteiger partial charge in [-0.1, -0.05) is 51.1 Å². The van der Waals surface area contributed by atoms with Gasteiger partial charge >= 0.3 is 0 Å². The second-order valence-corrected chi connectivity index (χ2v) is 10.1. The molecule has 3 rings (SSSR count). The molecule has 0 aromatic heterocycles. The van der Waals surface area contributed by atoms with Crippen molar-refractivity contribution >= 4 is 11.8 Å². The zero-order valence-corrected chi connectivity index (χ0v) is 20.7. The standard InChI is InChI=1S/C28H38N2O3/c1-20-8-6-9-21(2)26(20)33-19-7-10-25(31)30-17-15-24(16-18-30)29-27(32)22-11-13-23(14-12-22)28(3,4)5/h6,8-9,11-14,24H,7,10,15-19H2,1-5H3,(H,29,32). The Labute approximate surface area is 198 Å². The third-order valence-corrected chi connectivity index (χ3v) is 6.39. The smallest absolute Gasteiger partial charge is 0.251 e. The summed E-state index contributed by atoms with van der Waals surface area (Å²) in [5.74, 6) is 1.06. The lowest BCUT2D eigenvalue weighted by molar-refractivity contribution is -0.132. The summed E-state index contributed by atoms with van der Waals surface area (Å²) in [7, 11) is 0. The molecule has 1 aliphatic rings. The summed E-state index contributed by atoms with van der Waals surface area (Å²) in [6, 6.07) is 14.1. The quantitative estimate of drug-likeness (QED) is 0.591. The number of hydrogen-bond acceptors (Lipinski definition) is 3. The van der Waals surface area contributed by atoms with E-state index in [0.29, 0.717) is 38.1 Å². The molecule has 5 heteroatoms. The number of rotatable bonds is 7. The van der Waals surface area contributed by atoms with E-state index in [0.717, 1.165) is 29.7 Å². The number of amides is 2. The van der Waals surface area contributed by atoms with Crippen molar-refractivity contribution in [2.75, 3.05) is 19.7 Å². The number of nitrogens with zero attached hydrogens (tertiary/aromatic N) is 1. The van der Waals surface area contributed by atoms with Crippen molar-refractivity contribution in [3.8, 4) is 5.75 Å². The second-order valence-electron chi connectivity index (χ2n) is 10.1. The molecule has 5 nitrogen and oxygen atoms in total. The Morgan fingerprint density at radius 2 is 1.61 bits per heavy atom. The lowest BCUT2D eigenvalue weighted by Crippen LogP contribution is -2.46. The Hall–Kier alpha value is -2.82. The first kappa shape index (κ1) is 24.8. The number of carbonyl (C=O) groups is 2. The number of piperidine rings is 1. The molecule has 0 spiro atoms. The Bertz CT molecular complexity index is 932. The van der Waals surface area contributed by atoms with Crippen LogP contribution in [0.15, 0.2) is 42.5 Å². The first-order chi connectivity index (χ1) is 15.6. The van der Waals surface area contributed by atoms with Gasteiger partial charge in [0.25, 0.3) is 5.91 Å². The predicted octanol–water partition coefficient (Wildman–Crippen LogP) is 5.18. The molecule has 0 atom stereocenters. The predicted molar refractivity (Wildman–Crippen MR) is 133 cm³/mol. The average molecular weight is 451 g/mol. The highest BCUT2D eigenvalue weighted by molar-refractivity contribution is 5.94. The fourth-order valence-corrected chi connectivity index (χ4v) is 4.25. The molecule has 2 aromatic carbocycles. The van der Waals surface area contributed by atoms with Crippen LogP contribution in [0.3, 0.4) is 0 Å². The van der Waals surface area contributed by atoms with Gasteiger partial charge in [-0.3, -0.25) is 9.59 Å². The van der Waals surface area contributed by atoms with E-state index in [9.17, 15) is 9.59 Å². The number of nitrogens with one attached hydrogen (secondary N) is 1. The van der Waals surface area contributed by atoms with Crippen LogP contribution in [0.4, 0.5) is 0 Å². The van der Waals surface area contributed by atoms with Gasteiger partial charge in [0.05, 0.1) is 6.61 Å². The first-order valence-electron chi connectivity index (χ1n) is 12.0. The van der Waals surface area contributed by atoms with E-state index >= 15 is 0 Å². The Balaban J connectivity index is 1.38. The summed E-state index contributed by atoms with van der Waals surface area (Å²) in [5.41, 5.74) is 4.21. The number of benzene rings is 2. The molecule has 178 valence electrons. The minimum absolute atomic E-state index is 0.0381. The molecule has 2 amide bonds. The van der Waals surface area contributed by atoms with Gasteiger partial charge in [0.1, 0.15) is 5.75 Å². The molecule has 2 aromatic rings. The van der Waals surface area contributed by atoms with Crippen molar-refractivity contribution in [3.05, 3.63) is 64.7 Å². The zero-order valence-electron chi connectivity index (χ0n) is 20.7. The lowest BCUT2D eigenvalue weighted by atomic mass is 9.86. The molecule has 0 aliphatic carbocycles. The van der Waals surface area contributed by atoms with Crippen molar-refractivity contribution in [2.24, 2.45) is 0 Å². The van der Waals surface area contributed by atoms with Crippen LogP contribution < -0.4 is 10.1 Å². The van der Waals surface area contributed by atoms with E-state index in [1.807, 2.05) is 61.2 Å². The molecule has 1 N–H and O–H groups in total. The number of hydrogen-bond donors (Lipinski definition) is 1. The number of aryl methyl sites for hydroxylation is 2. The highest BCUT2D eigenvalue weighted by Gasteiger charge is 2.24. The Morgan fingerprint density at radius 3 is 2.18 bits per heavy atom. The maximum Gasteiger partial charge on any atom is 0.251 e. The van der Waals surface area contributed by atoms with Crippen LogP contribution in [0.5, 0.6) is 5.75 Å². The fraction of sp³-hybridized carbons (Fsp3) is 0.500. The Kier molecular flexibility index (Phi) is 8.17. The van der Waals surface area contributed by atoms with E-state index in [1.54, 1.807) is 0 Å². The number of ether oxygens (including phenoxy) is 1. The number of para-hydroxylation sites is 1. The van der Waals surface area contributed by atoms with Gasteiger partial charge < -0.3 is 15.0 Å². The summed E-state index contributed by atoms with van der Waals surface area (Å²) in [4.78, 5) is 27.1. The molecular formula is C28H38N2O3. The molecular weight excluding hydrogens is 412 g/mol. The fourth-order valence-electron chi connectivity index (χ4n) is 4.25. The van der Waals surface area contributed by atoms with Crippen LogP contribution in [0.2, 0.25) is 0 Å². The highest BCUT2D eigenvalue weighted by atomic mass is 16.5. The second kappa shape index (κ2) is 10.9. The molecule has 1 fully saturated rings. The largest absolute Gasteiger partial charge is 0.493 e. The first-order valence-corrected chi connectivity index (χ1v) is 12.0. The Morgan fingerprint density at radius 1 is 1.00 bits per heavy atom. The molecule has 1 aliphatic heterocycles. The van der Waals surface area contributed by atoms with Crippen molar-refractivity contribution in [1.29, 1.82) is 0 Å². The molecule has 1 saturated heterocycles. The summed E-state index contributed by atoms with van der Waals surface area (Å²) < 4.78 is 5.92. The normalized spacial score (nSPS) is 14.8. The number of carbonyl (C=O) groups excluding carboxylic acids is 2. The molecule has 1 heterocycles. The molecule has 0 radical (unpaired) electrons. The summed E-state index contributed by atoms with van der Waals surface area (Å²) in [5, 5.41) is 3.14. The molecule has 33 heavy (non-hydrogen) atoms. The summed E-state index contributed by atoms with van der Waals surface area (Å²) >= 11 is 0. The topological polar surface area (TPSA) is 58.6 Å². The molecule has 0 bridgehead atoms. The SMILES string of the molecule is Cc1cccc(C)c1OCCCC(=O)N1CCC(NC(=O)c2ccc(C(C)(C)C)cc2)CC1. The third kappa shape index (κ3) is 6.83. The van der Waals surface area contributed by atoms with Crippen molar-refractivity contribution in [1.82, 2.24) is 10.2 Å². The van der Waals surface area contributed by atoms with Crippen LogP contribution in [0, 0.1) is 13.8 Å². The summed E-state index contributed by atoms with van der Waals surface area (Å²) in [6.45, 7) is 12.5. The van der Waals surface area contributed by atoms with Gasteiger partial charge in [0.2, 0.25) is 5.91 Å². The van der Waals surface area contributed by atoms with Crippen molar-refractivity contribution in [2.45, 2.75) is 71.8 Å². The van der Waals surface area contributed by atoms with Gasteiger partial charge in [0, 0.05) is 31.1 Å². The average Bonchev–Trinajstić information content (AvgIpc) is 2.78. The van der Waals surface area contributed by atoms with E-state index < -0.39 is 0 Å². The summed E-state index contributed by atoms with van der Waals surface area (Å²) in [6.07, 6.45) is 2.77. The van der Waals surface area contributed by atoms with E-state index in [4.69, 9.17) is 4.74 Å². The minimum Gasteiger partial charge on any atom is -0.493 e. The zero-order chi connectivity index (χ0) is 24.0. The van der Waals surface area contributed by atoms with E-state index in [1.165, 1.54) is 5.56 Å². The van der Waals surface area contributed by atoms with Crippen LogP contribution in [-0.2, 0) is 10.2 Å². The molecule has 0 unspecified atom stereocenters. The lowest BCUT2D eigenvalue weighted by Gasteiger charge is -2.32. The van der Waals surface area contributed by atoms with Gasteiger partial charge in [-0.2, -0.15) is 0 Å². The third-order valence-electron chi connectivity index (χ3n) is 6.39. The van der Waals surface area contributed by atoms with E-state index in [-0.39, 0.29) is 23.3 Å². The minimum atomic E-state index is -0.0381. The highest BCUT2D eigenvalue weighted by Crippen LogP contribution is 2.23. The van der Waals surface area contributed by atoms with Crippen LogP contribution >= 0.6 is 0 Å². The maximum absolute atomic E-state index is 12.6. The van der Waals surface area contributed by atoms with Gasteiger partial charge in [-0.15, -0.1) is 0 Å². The maximum atomic E-state index is 12.6. The van der Waals surface area contributed by atoms with Crippen LogP contribution in [-0.4, -0.2) is 42.5 Å². The monoisotopic (exact) mass is 450 g/mol. The van der Waals surface area contributed by atoms with E-state index in [2.05, 4.69) is 26.1 Å². The van der Waals surface area contributed by atoms with Crippen molar-refractivity contribution in [3.63, 3.8) is 0 Å². The van der Waals surface area contributed by atoms with Gasteiger partial charge in [-0.05, 0) is 67.3 Å². The number of likely N-dealkylation sites (tertiary alicyclic amines) is 1.